The Hall–Kier alpha value is -0.750. The maximum absolute atomic E-state index is 12.2. The minimum absolute atomic E-state index is 0.0229. The van der Waals surface area contributed by atoms with Gasteiger partial charge in [0.05, 0.1) is 5.37 Å². The van der Waals surface area contributed by atoms with Crippen molar-refractivity contribution in [1.82, 2.24) is 10.2 Å². The summed E-state index contributed by atoms with van der Waals surface area (Å²) in [5, 5.41) is 12.4. The summed E-state index contributed by atoms with van der Waals surface area (Å²) in [5.41, 5.74) is 0. The third-order valence-electron chi connectivity index (χ3n) is 3.40. The molecule has 1 aliphatic carbocycles. The van der Waals surface area contributed by atoms with Crippen molar-refractivity contribution < 1.29 is 14.7 Å². The lowest BCUT2D eigenvalue weighted by atomic mass is 10.2. The minimum atomic E-state index is -0.873. The van der Waals surface area contributed by atoms with Gasteiger partial charge in [-0.1, -0.05) is 6.92 Å². The average Bonchev–Trinajstić information content (AvgIpc) is 3.07. The lowest BCUT2D eigenvalue weighted by Crippen LogP contribution is -2.46. The molecule has 0 radical (unpaired) electrons. The van der Waals surface area contributed by atoms with Crippen molar-refractivity contribution in [3.05, 3.63) is 0 Å². The molecule has 0 aromatic heterocycles. The molecule has 2 N–H and O–H groups in total. The van der Waals surface area contributed by atoms with Crippen LogP contribution in [0.25, 0.3) is 0 Å². The second-order valence-electron chi connectivity index (χ2n) is 4.82. The molecule has 0 bridgehead atoms. The van der Waals surface area contributed by atoms with Crippen molar-refractivity contribution in [2.45, 2.75) is 37.6 Å². The molecule has 5 nitrogen and oxygen atoms in total. The second-order valence-corrected chi connectivity index (χ2v) is 5.97. The molecule has 1 saturated heterocycles. The summed E-state index contributed by atoms with van der Waals surface area (Å²) in [4.78, 5) is 25.0. The highest BCUT2D eigenvalue weighted by Gasteiger charge is 2.47. The fourth-order valence-corrected chi connectivity index (χ4v) is 3.93. The van der Waals surface area contributed by atoms with Crippen LogP contribution in [0.4, 0.5) is 0 Å². The Labute approximate surface area is 111 Å². The first-order valence-corrected chi connectivity index (χ1v) is 7.56. The monoisotopic (exact) mass is 272 g/mol. The maximum atomic E-state index is 12.2. The zero-order valence-corrected chi connectivity index (χ0v) is 11.4. The van der Waals surface area contributed by atoms with Gasteiger partial charge in [0.1, 0.15) is 6.04 Å². The quantitative estimate of drug-likeness (QED) is 0.698. The normalized spacial score (nSPS) is 27.5. The van der Waals surface area contributed by atoms with E-state index in [0.717, 1.165) is 19.4 Å². The van der Waals surface area contributed by atoms with Crippen LogP contribution in [-0.2, 0) is 9.59 Å². The van der Waals surface area contributed by atoms with E-state index >= 15 is 0 Å². The number of hydrogen-bond acceptors (Lipinski definition) is 4. The Kier molecular flexibility index (Phi) is 4.50. The summed E-state index contributed by atoms with van der Waals surface area (Å²) in [5.74, 6) is 0.152. The van der Waals surface area contributed by atoms with Gasteiger partial charge in [0.25, 0.3) is 0 Å². The highest BCUT2D eigenvalue weighted by atomic mass is 32.2. The van der Waals surface area contributed by atoms with Gasteiger partial charge in [0.2, 0.25) is 5.91 Å². The third-order valence-corrected chi connectivity index (χ3v) is 4.86. The molecule has 2 atom stereocenters. The number of thioether (sulfide) groups is 1. The van der Waals surface area contributed by atoms with Gasteiger partial charge in [-0.05, 0) is 25.3 Å². The van der Waals surface area contributed by atoms with E-state index in [1.807, 2.05) is 6.92 Å². The number of aliphatic carboxylic acids is 1. The Morgan fingerprint density at radius 1 is 1.44 bits per heavy atom. The number of hydrogen-bond donors (Lipinski definition) is 2. The van der Waals surface area contributed by atoms with E-state index in [2.05, 4.69) is 5.32 Å². The van der Waals surface area contributed by atoms with Crippen LogP contribution in [-0.4, -0.2) is 52.1 Å². The molecule has 2 unspecified atom stereocenters. The number of carbonyl (C=O) groups is 2. The zero-order valence-electron chi connectivity index (χ0n) is 10.6. The number of carbonyl (C=O) groups excluding carboxylic acids is 1. The largest absolute Gasteiger partial charge is 0.480 e. The Bertz CT molecular complexity index is 333. The van der Waals surface area contributed by atoms with Crippen LogP contribution in [0.5, 0.6) is 0 Å². The molecular formula is C12H20N2O3S. The number of rotatable bonds is 6. The molecule has 2 fully saturated rings. The van der Waals surface area contributed by atoms with Gasteiger partial charge in [-0.3, -0.25) is 4.79 Å². The Morgan fingerprint density at radius 2 is 2.17 bits per heavy atom. The van der Waals surface area contributed by atoms with Crippen LogP contribution in [0, 0.1) is 5.92 Å². The van der Waals surface area contributed by atoms with Crippen molar-refractivity contribution in [2.24, 2.45) is 5.92 Å². The summed E-state index contributed by atoms with van der Waals surface area (Å²) >= 11 is 1.63. The number of carboxylic acids is 1. The van der Waals surface area contributed by atoms with Crippen LogP contribution < -0.4 is 5.32 Å². The van der Waals surface area contributed by atoms with Crippen LogP contribution in [0.2, 0.25) is 0 Å². The molecule has 2 aliphatic rings. The van der Waals surface area contributed by atoms with Crippen LogP contribution in [0.15, 0.2) is 0 Å². The Morgan fingerprint density at radius 3 is 2.72 bits per heavy atom. The summed E-state index contributed by atoms with van der Waals surface area (Å²) in [7, 11) is 0. The predicted molar refractivity (Wildman–Crippen MR) is 70.4 cm³/mol. The zero-order chi connectivity index (χ0) is 13.1. The van der Waals surface area contributed by atoms with Gasteiger partial charge in [0, 0.05) is 18.7 Å². The lowest BCUT2D eigenvalue weighted by molar-refractivity contribution is -0.149. The number of nitrogens with one attached hydrogen (secondary N) is 1. The number of carboxylic acid groups (broad SMARTS) is 1. The summed E-state index contributed by atoms with van der Waals surface area (Å²) in [6.07, 6.45) is 2.64. The minimum Gasteiger partial charge on any atom is -0.480 e. The van der Waals surface area contributed by atoms with Crippen molar-refractivity contribution in [3.63, 3.8) is 0 Å². The third kappa shape index (κ3) is 2.98. The molecule has 1 aliphatic heterocycles. The van der Waals surface area contributed by atoms with Gasteiger partial charge in [0.15, 0.2) is 0 Å². The Balaban J connectivity index is 1.98. The highest BCUT2D eigenvalue weighted by molar-refractivity contribution is 8.00. The molecular weight excluding hydrogens is 252 g/mol. The van der Waals surface area contributed by atoms with Crippen molar-refractivity contribution in [3.8, 4) is 0 Å². The van der Waals surface area contributed by atoms with Crippen molar-refractivity contribution >= 4 is 23.6 Å². The number of amides is 1. The van der Waals surface area contributed by atoms with Crippen molar-refractivity contribution in [2.75, 3.05) is 18.8 Å². The molecule has 1 heterocycles. The maximum Gasteiger partial charge on any atom is 0.327 e. The molecule has 102 valence electrons. The van der Waals surface area contributed by atoms with Gasteiger partial charge in [-0.15, -0.1) is 11.8 Å². The first-order chi connectivity index (χ1) is 8.65. The molecule has 0 aromatic carbocycles. The molecule has 1 saturated carbocycles. The van der Waals surface area contributed by atoms with Crippen LogP contribution >= 0.6 is 11.8 Å². The average molecular weight is 272 g/mol. The second kappa shape index (κ2) is 5.93. The topological polar surface area (TPSA) is 69.6 Å². The number of nitrogens with zero attached hydrogens (tertiary/aromatic N) is 1. The van der Waals surface area contributed by atoms with Crippen molar-refractivity contribution in [1.29, 1.82) is 0 Å². The van der Waals surface area contributed by atoms with E-state index in [4.69, 9.17) is 0 Å². The molecule has 0 spiro atoms. The lowest BCUT2D eigenvalue weighted by Gasteiger charge is -2.27. The first kappa shape index (κ1) is 13.7. The summed E-state index contributed by atoms with van der Waals surface area (Å²) < 4.78 is 0. The standard InChI is InChI=1S/C12H20N2O3S/c1-2-13-6-5-10(15)14-9(12(16)17)7-18-11(14)8-3-4-8/h8-9,11,13H,2-7H2,1H3,(H,16,17). The summed E-state index contributed by atoms with van der Waals surface area (Å²) in [6.45, 7) is 3.44. The SMILES string of the molecule is CCNCCC(=O)N1C(C(=O)O)CSC1C1CC1. The highest BCUT2D eigenvalue weighted by Crippen LogP contribution is 2.45. The molecule has 18 heavy (non-hydrogen) atoms. The fraction of sp³-hybridized carbons (Fsp3) is 0.833. The molecule has 2 rings (SSSR count). The van der Waals surface area contributed by atoms with Crippen LogP contribution in [0.3, 0.4) is 0 Å². The summed E-state index contributed by atoms with van der Waals surface area (Å²) in [6, 6.07) is -0.630. The van der Waals surface area contributed by atoms with Crippen LogP contribution in [0.1, 0.15) is 26.2 Å². The van der Waals surface area contributed by atoms with E-state index in [1.54, 1.807) is 16.7 Å². The van der Waals surface area contributed by atoms with E-state index in [0.29, 0.717) is 24.6 Å². The van der Waals surface area contributed by atoms with Gasteiger partial charge >= 0.3 is 5.97 Å². The fourth-order valence-electron chi connectivity index (χ4n) is 2.28. The van der Waals surface area contributed by atoms with E-state index in [9.17, 15) is 14.7 Å². The van der Waals surface area contributed by atoms with Gasteiger partial charge in [-0.2, -0.15) is 0 Å². The van der Waals surface area contributed by atoms with Gasteiger partial charge < -0.3 is 15.3 Å². The molecule has 6 heteroatoms. The predicted octanol–water partition coefficient (Wildman–Crippen LogP) is 0.751. The van der Waals surface area contributed by atoms with E-state index in [-0.39, 0.29) is 11.3 Å². The molecule has 0 aromatic rings. The smallest absolute Gasteiger partial charge is 0.327 e. The molecule has 1 amide bonds. The van der Waals surface area contributed by atoms with E-state index in [1.165, 1.54) is 0 Å². The van der Waals surface area contributed by atoms with E-state index < -0.39 is 12.0 Å². The first-order valence-electron chi connectivity index (χ1n) is 6.51. The van der Waals surface area contributed by atoms with Gasteiger partial charge in [-0.25, -0.2) is 4.79 Å².